The van der Waals surface area contributed by atoms with Gasteiger partial charge in [0.25, 0.3) is 0 Å². The van der Waals surface area contributed by atoms with Crippen molar-refractivity contribution in [2.75, 3.05) is 26.1 Å². The molecular weight excluding hydrogens is 462 g/mol. The number of carbonyl (C=O) groups is 3. The first-order chi connectivity index (χ1) is 17.4. The average molecular weight is 494 g/mol. The molecule has 3 fully saturated rings. The van der Waals surface area contributed by atoms with Gasteiger partial charge in [0.2, 0.25) is 17.7 Å². The number of ether oxygens (including phenoxy) is 2. The fraction of sp³-hybridized carbons (Fsp3) is 0.444. The summed E-state index contributed by atoms with van der Waals surface area (Å²) in [6.07, 6.45) is 1.03. The van der Waals surface area contributed by atoms with Gasteiger partial charge in [-0.25, -0.2) is 0 Å². The number of amides is 3. The van der Waals surface area contributed by atoms with Crippen LogP contribution in [-0.4, -0.2) is 72.3 Å². The molecule has 9 heteroatoms. The first-order valence-electron chi connectivity index (χ1n) is 12.2. The van der Waals surface area contributed by atoms with Crippen molar-refractivity contribution in [2.24, 2.45) is 11.8 Å². The maximum atomic E-state index is 14.0. The van der Waals surface area contributed by atoms with Crippen molar-refractivity contribution in [1.82, 2.24) is 10.2 Å². The number of fused-ring (bicyclic) bond motifs is 1. The highest BCUT2D eigenvalue weighted by Crippen LogP contribution is 2.58. The summed E-state index contributed by atoms with van der Waals surface area (Å²) in [7, 11) is 3.10. The van der Waals surface area contributed by atoms with Crippen LogP contribution in [0.25, 0.3) is 0 Å². The van der Waals surface area contributed by atoms with Crippen LogP contribution in [0.4, 0.5) is 5.69 Å². The molecule has 5 rings (SSSR count). The van der Waals surface area contributed by atoms with Crippen molar-refractivity contribution in [1.29, 1.82) is 0 Å². The van der Waals surface area contributed by atoms with Crippen LogP contribution < -0.4 is 15.4 Å². The third kappa shape index (κ3) is 3.83. The number of aliphatic hydroxyl groups excluding tert-OH is 1. The van der Waals surface area contributed by atoms with Crippen LogP contribution in [0.1, 0.15) is 18.4 Å². The normalized spacial score (nSPS) is 29.1. The highest BCUT2D eigenvalue weighted by Gasteiger charge is 2.75. The Hall–Kier alpha value is -3.43. The van der Waals surface area contributed by atoms with E-state index >= 15 is 0 Å². The van der Waals surface area contributed by atoms with E-state index in [4.69, 9.17) is 9.47 Å². The number of benzene rings is 2. The third-order valence-electron chi connectivity index (χ3n) is 7.81. The summed E-state index contributed by atoms with van der Waals surface area (Å²) in [6, 6.07) is 14.8. The zero-order valence-electron chi connectivity index (χ0n) is 20.3. The number of hydrogen-bond acceptors (Lipinski definition) is 6. The number of likely N-dealkylation sites (tertiary alicyclic amines) is 1. The lowest BCUT2D eigenvalue weighted by atomic mass is 9.70. The van der Waals surface area contributed by atoms with Crippen molar-refractivity contribution in [3.05, 3.63) is 60.2 Å². The largest absolute Gasteiger partial charge is 0.497 e. The maximum absolute atomic E-state index is 14.0. The van der Waals surface area contributed by atoms with Gasteiger partial charge in [-0.1, -0.05) is 30.3 Å². The van der Waals surface area contributed by atoms with E-state index in [1.807, 2.05) is 30.3 Å². The van der Waals surface area contributed by atoms with Gasteiger partial charge in [0.15, 0.2) is 0 Å². The van der Waals surface area contributed by atoms with Crippen molar-refractivity contribution < 1.29 is 29.0 Å². The molecule has 2 aromatic rings. The second-order valence-electron chi connectivity index (χ2n) is 9.66. The smallest absolute Gasteiger partial charge is 0.250 e. The summed E-state index contributed by atoms with van der Waals surface area (Å²) in [5, 5.41) is 16.0. The molecule has 2 aromatic carbocycles. The monoisotopic (exact) mass is 493 g/mol. The molecule has 0 aliphatic carbocycles. The molecule has 36 heavy (non-hydrogen) atoms. The van der Waals surface area contributed by atoms with Crippen LogP contribution in [0, 0.1) is 11.8 Å². The van der Waals surface area contributed by atoms with Gasteiger partial charge in [0, 0.05) is 12.7 Å². The fourth-order valence-electron chi connectivity index (χ4n) is 6.27. The minimum atomic E-state index is -1.13. The molecule has 1 spiro atoms. The van der Waals surface area contributed by atoms with E-state index in [1.165, 1.54) is 11.9 Å². The number of aliphatic hydroxyl groups is 1. The average Bonchev–Trinajstić information content (AvgIpc) is 3.55. The Labute approximate surface area is 209 Å². The van der Waals surface area contributed by atoms with Gasteiger partial charge in [0.05, 0.1) is 37.7 Å². The summed E-state index contributed by atoms with van der Waals surface area (Å²) < 4.78 is 11.6. The molecule has 6 atom stereocenters. The Morgan fingerprint density at radius 1 is 1.17 bits per heavy atom. The minimum absolute atomic E-state index is 0.264. The van der Waals surface area contributed by atoms with Crippen molar-refractivity contribution in [3.8, 4) is 5.75 Å². The van der Waals surface area contributed by atoms with Gasteiger partial charge in [0.1, 0.15) is 17.4 Å². The molecule has 3 aliphatic heterocycles. The first-order valence-corrected chi connectivity index (χ1v) is 12.2. The number of carbonyl (C=O) groups excluding carboxylic acids is 3. The molecule has 0 aromatic heterocycles. The summed E-state index contributed by atoms with van der Waals surface area (Å²) in [5.41, 5.74) is 0.355. The van der Waals surface area contributed by atoms with Crippen LogP contribution in [0.5, 0.6) is 5.75 Å². The highest BCUT2D eigenvalue weighted by molar-refractivity contribution is 6.03. The van der Waals surface area contributed by atoms with Crippen LogP contribution in [0.2, 0.25) is 0 Å². The lowest BCUT2D eigenvalue weighted by Gasteiger charge is -2.36. The predicted molar refractivity (Wildman–Crippen MR) is 131 cm³/mol. The molecule has 190 valence electrons. The van der Waals surface area contributed by atoms with E-state index in [9.17, 15) is 19.5 Å². The van der Waals surface area contributed by atoms with E-state index in [0.29, 0.717) is 30.7 Å². The number of anilines is 1. The van der Waals surface area contributed by atoms with E-state index in [1.54, 1.807) is 31.4 Å². The van der Waals surface area contributed by atoms with Crippen LogP contribution in [-0.2, 0) is 25.5 Å². The Morgan fingerprint density at radius 3 is 2.53 bits per heavy atom. The molecule has 9 nitrogen and oxygen atoms in total. The molecule has 2 bridgehead atoms. The van der Waals surface area contributed by atoms with Crippen LogP contribution in [0.3, 0.4) is 0 Å². The van der Waals surface area contributed by atoms with Gasteiger partial charge in [-0.15, -0.1) is 0 Å². The molecular formula is C27H31N3O6. The van der Waals surface area contributed by atoms with Gasteiger partial charge in [-0.2, -0.15) is 0 Å². The lowest BCUT2D eigenvalue weighted by molar-refractivity contribution is -0.143. The second-order valence-corrected chi connectivity index (χ2v) is 9.66. The van der Waals surface area contributed by atoms with Crippen molar-refractivity contribution >= 4 is 23.4 Å². The van der Waals surface area contributed by atoms with Crippen LogP contribution >= 0.6 is 0 Å². The van der Waals surface area contributed by atoms with E-state index < -0.39 is 41.5 Å². The Kier molecular flexibility index (Phi) is 6.44. The number of nitrogens with zero attached hydrogens (tertiary/aromatic N) is 1. The number of hydrogen-bond donors (Lipinski definition) is 3. The maximum Gasteiger partial charge on any atom is 0.250 e. The van der Waals surface area contributed by atoms with E-state index in [0.717, 1.165) is 5.56 Å². The number of methoxy groups -OCH3 is 1. The Morgan fingerprint density at radius 2 is 1.89 bits per heavy atom. The van der Waals surface area contributed by atoms with Gasteiger partial charge in [-0.05, 0) is 49.1 Å². The van der Waals surface area contributed by atoms with Gasteiger partial charge < -0.3 is 30.1 Å². The van der Waals surface area contributed by atoms with Crippen molar-refractivity contribution in [2.45, 2.75) is 43.1 Å². The topological polar surface area (TPSA) is 117 Å². The summed E-state index contributed by atoms with van der Waals surface area (Å²) in [5.74, 6) is -1.80. The molecule has 3 N–H and O–H groups in total. The number of rotatable bonds is 8. The second kappa shape index (κ2) is 9.55. The molecule has 2 unspecified atom stereocenters. The molecule has 3 heterocycles. The molecule has 3 amide bonds. The van der Waals surface area contributed by atoms with E-state index in [-0.39, 0.29) is 18.4 Å². The Balaban J connectivity index is 1.52. The van der Waals surface area contributed by atoms with Crippen LogP contribution in [0.15, 0.2) is 54.6 Å². The first kappa shape index (κ1) is 24.3. The van der Waals surface area contributed by atoms with E-state index in [2.05, 4.69) is 10.6 Å². The zero-order chi connectivity index (χ0) is 25.4. The van der Waals surface area contributed by atoms with Gasteiger partial charge in [-0.3, -0.25) is 14.4 Å². The van der Waals surface area contributed by atoms with Gasteiger partial charge >= 0.3 is 0 Å². The standard InChI is InChI=1S/C27H31N3O6/c1-28-24(32)21-20-12-13-27(36-20)22(21)26(34)30(18(15-31)14-16-6-4-3-5-7-16)23(27)25(33)29-17-8-10-19(35-2)11-9-17/h3-11,18,20-23,31H,12-15H2,1-2H3,(H,28,32)(H,29,33)/t18-,20+,21-,22+,23?,27?/m1/s1. The molecule has 0 saturated carbocycles. The summed E-state index contributed by atoms with van der Waals surface area (Å²) in [6.45, 7) is -0.330. The SMILES string of the molecule is CNC(=O)[C@@H]1[C@@H]2CCC3(O2)C(C(=O)Nc2ccc(OC)cc2)N([C@@H](CO)Cc2ccccc2)C(=O)[C@H]13. The van der Waals surface area contributed by atoms with Crippen molar-refractivity contribution in [3.63, 3.8) is 0 Å². The minimum Gasteiger partial charge on any atom is -0.497 e. The predicted octanol–water partition coefficient (Wildman–Crippen LogP) is 1.36. The molecule has 3 saturated heterocycles. The lowest BCUT2D eigenvalue weighted by Crippen LogP contribution is -2.56. The fourth-order valence-corrected chi connectivity index (χ4v) is 6.27. The highest BCUT2D eigenvalue weighted by atomic mass is 16.5. The Bertz CT molecular complexity index is 1140. The summed E-state index contributed by atoms with van der Waals surface area (Å²) in [4.78, 5) is 42.2. The zero-order valence-corrected chi connectivity index (χ0v) is 20.3. The number of nitrogens with one attached hydrogen (secondary N) is 2. The molecule has 0 radical (unpaired) electrons. The summed E-state index contributed by atoms with van der Waals surface area (Å²) >= 11 is 0. The third-order valence-corrected chi connectivity index (χ3v) is 7.81. The quantitative estimate of drug-likeness (QED) is 0.511. The molecule has 3 aliphatic rings.